The standard InChI is InChI=1S/C13H17NO5/c15-11(12(16)13(17)18)9-3-1-2-4-10(9)14-5-7-19-8-6-14/h1-4,11-12,15-16H,5-8H2,(H,17,18). The van der Waals surface area contributed by atoms with E-state index < -0.39 is 18.2 Å². The molecule has 0 aromatic heterocycles. The summed E-state index contributed by atoms with van der Waals surface area (Å²) in [7, 11) is 0. The topological polar surface area (TPSA) is 90.2 Å². The van der Waals surface area contributed by atoms with Gasteiger partial charge in [-0.2, -0.15) is 0 Å². The Hall–Kier alpha value is -1.63. The van der Waals surface area contributed by atoms with E-state index in [0.29, 0.717) is 31.9 Å². The number of carboxylic acid groups (broad SMARTS) is 1. The maximum Gasteiger partial charge on any atom is 0.335 e. The number of ether oxygens (including phenoxy) is 1. The van der Waals surface area contributed by atoms with E-state index in [9.17, 15) is 15.0 Å². The van der Waals surface area contributed by atoms with Crippen LogP contribution in [0.1, 0.15) is 11.7 Å². The van der Waals surface area contributed by atoms with E-state index in [1.54, 1.807) is 18.2 Å². The van der Waals surface area contributed by atoms with Gasteiger partial charge in [0.15, 0.2) is 6.10 Å². The van der Waals surface area contributed by atoms with Gasteiger partial charge in [-0.05, 0) is 6.07 Å². The molecule has 6 heteroatoms. The van der Waals surface area contributed by atoms with Crippen LogP contribution in [0.15, 0.2) is 24.3 Å². The van der Waals surface area contributed by atoms with Crippen LogP contribution in [0.4, 0.5) is 5.69 Å². The van der Waals surface area contributed by atoms with E-state index >= 15 is 0 Å². The summed E-state index contributed by atoms with van der Waals surface area (Å²) in [4.78, 5) is 12.8. The molecule has 3 N–H and O–H groups in total. The predicted octanol–water partition coefficient (Wildman–Crippen LogP) is 0.00210. The lowest BCUT2D eigenvalue weighted by molar-refractivity contribution is -0.153. The SMILES string of the molecule is O=C(O)C(O)C(O)c1ccccc1N1CCOCC1. The van der Waals surface area contributed by atoms with E-state index in [4.69, 9.17) is 9.84 Å². The summed E-state index contributed by atoms with van der Waals surface area (Å²) in [6.07, 6.45) is -3.28. The van der Waals surface area contributed by atoms with Gasteiger partial charge in [0.05, 0.1) is 13.2 Å². The molecule has 1 heterocycles. The van der Waals surface area contributed by atoms with Gasteiger partial charge in [0.1, 0.15) is 6.10 Å². The summed E-state index contributed by atoms with van der Waals surface area (Å²) in [5.41, 5.74) is 1.15. The largest absolute Gasteiger partial charge is 0.479 e. The van der Waals surface area contributed by atoms with E-state index in [-0.39, 0.29) is 0 Å². The zero-order valence-electron chi connectivity index (χ0n) is 10.4. The number of rotatable bonds is 4. The Balaban J connectivity index is 2.27. The lowest BCUT2D eigenvalue weighted by Gasteiger charge is -2.31. The molecule has 2 unspecified atom stereocenters. The quantitative estimate of drug-likeness (QED) is 0.711. The Morgan fingerprint density at radius 1 is 1.21 bits per heavy atom. The van der Waals surface area contributed by atoms with Gasteiger partial charge in [-0.3, -0.25) is 0 Å². The van der Waals surface area contributed by atoms with Crippen molar-refractivity contribution in [1.29, 1.82) is 0 Å². The van der Waals surface area contributed by atoms with Gasteiger partial charge in [-0.1, -0.05) is 18.2 Å². The second-order valence-electron chi connectivity index (χ2n) is 4.39. The third-order valence-electron chi connectivity index (χ3n) is 3.16. The van der Waals surface area contributed by atoms with Gasteiger partial charge in [0.2, 0.25) is 0 Å². The summed E-state index contributed by atoms with van der Waals surface area (Å²) in [6.45, 7) is 2.53. The van der Waals surface area contributed by atoms with Crippen LogP contribution in [0.2, 0.25) is 0 Å². The average molecular weight is 267 g/mol. The first-order valence-electron chi connectivity index (χ1n) is 6.12. The molecule has 1 saturated heterocycles. The highest BCUT2D eigenvalue weighted by Gasteiger charge is 2.28. The van der Waals surface area contributed by atoms with E-state index in [2.05, 4.69) is 0 Å². The van der Waals surface area contributed by atoms with Crippen molar-refractivity contribution in [3.8, 4) is 0 Å². The Morgan fingerprint density at radius 2 is 1.84 bits per heavy atom. The van der Waals surface area contributed by atoms with Crippen molar-refractivity contribution < 1.29 is 24.9 Å². The average Bonchev–Trinajstić information content (AvgIpc) is 2.46. The molecule has 1 aliphatic heterocycles. The normalized spacial score (nSPS) is 18.9. The maximum absolute atomic E-state index is 10.8. The number of aliphatic hydroxyl groups excluding tert-OH is 2. The van der Waals surface area contributed by atoms with Gasteiger partial charge in [-0.15, -0.1) is 0 Å². The van der Waals surface area contributed by atoms with Crippen molar-refractivity contribution in [2.45, 2.75) is 12.2 Å². The van der Waals surface area contributed by atoms with E-state index in [1.807, 2.05) is 11.0 Å². The zero-order valence-corrected chi connectivity index (χ0v) is 10.4. The molecular weight excluding hydrogens is 250 g/mol. The second-order valence-corrected chi connectivity index (χ2v) is 4.39. The van der Waals surface area contributed by atoms with Gasteiger partial charge in [0, 0.05) is 24.3 Å². The van der Waals surface area contributed by atoms with Gasteiger partial charge >= 0.3 is 5.97 Å². The van der Waals surface area contributed by atoms with Crippen LogP contribution in [-0.4, -0.2) is 53.7 Å². The first-order chi connectivity index (χ1) is 9.11. The number of aliphatic hydroxyl groups is 2. The molecule has 1 fully saturated rings. The number of nitrogens with zero attached hydrogens (tertiary/aromatic N) is 1. The van der Waals surface area contributed by atoms with Crippen molar-refractivity contribution in [3.05, 3.63) is 29.8 Å². The first-order valence-corrected chi connectivity index (χ1v) is 6.12. The summed E-state index contributed by atoms with van der Waals surface area (Å²) in [5.74, 6) is -1.44. The number of anilines is 1. The molecule has 0 bridgehead atoms. The highest BCUT2D eigenvalue weighted by Crippen LogP contribution is 2.29. The molecule has 2 atom stereocenters. The number of aliphatic carboxylic acids is 1. The number of benzene rings is 1. The fraction of sp³-hybridized carbons (Fsp3) is 0.462. The number of carbonyl (C=O) groups is 1. The fourth-order valence-corrected chi connectivity index (χ4v) is 2.14. The molecule has 104 valence electrons. The molecule has 1 aliphatic rings. The second kappa shape index (κ2) is 6.01. The summed E-state index contributed by atoms with van der Waals surface area (Å²) in [6, 6.07) is 6.95. The minimum atomic E-state index is -1.83. The van der Waals surface area contributed by atoms with Crippen LogP contribution in [0, 0.1) is 0 Å². The highest BCUT2D eigenvalue weighted by molar-refractivity contribution is 5.74. The highest BCUT2D eigenvalue weighted by atomic mass is 16.5. The molecule has 0 spiro atoms. The lowest BCUT2D eigenvalue weighted by atomic mass is 10.0. The number of carboxylic acids is 1. The Morgan fingerprint density at radius 3 is 2.47 bits per heavy atom. The third kappa shape index (κ3) is 3.04. The van der Waals surface area contributed by atoms with Crippen LogP contribution in [0.25, 0.3) is 0 Å². The van der Waals surface area contributed by atoms with Crippen molar-refractivity contribution in [1.82, 2.24) is 0 Å². The van der Waals surface area contributed by atoms with E-state index in [1.165, 1.54) is 0 Å². The molecule has 0 radical (unpaired) electrons. The minimum absolute atomic E-state index is 0.416. The van der Waals surface area contributed by atoms with Gasteiger partial charge < -0.3 is 25.0 Å². The summed E-state index contributed by atoms with van der Waals surface area (Å²) in [5, 5.41) is 28.2. The molecule has 0 aliphatic carbocycles. The number of hydrogen-bond acceptors (Lipinski definition) is 5. The van der Waals surface area contributed by atoms with Gasteiger partial charge in [-0.25, -0.2) is 4.79 Å². The molecule has 0 saturated carbocycles. The number of morpholine rings is 1. The van der Waals surface area contributed by atoms with Gasteiger partial charge in [0.25, 0.3) is 0 Å². The summed E-state index contributed by atoms with van der Waals surface area (Å²) >= 11 is 0. The Kier molecular flexibility index (Phi) is 4.36. The monoisotopic (exact) mass is 267 g/mol. The minimum Gasteiger partial charge on any atom is -0.479 e. The molecule has 6 nitrogen and oxygen atoms in total. The van der Waals surface area contributed by atoms with E-state index in [0.717, 1.165) is 5.69 Å². The van der Waals surface area contributed by atoms with Crippen molar-refractivity contribution in [3.63, 3.8) is 0 Å². The number of hydrogen-bond donors (Lipinski definition) is 3. The smallest absolute Gasteiger partial charge is 0.335 e. The Labute approximate surface area is 110 Å². The van der Waals surface area contributed by atoms with Crippen molar-refractivity contribution >= 4 is 11.7 Å². The first kappa shape index (κ1) is 13.8. The fourth-order valence-electron chi connectivity index (χ4n) is 2.14. The molecule has 2 rings (SSSR count). The van der Waals surface area contributed by atoms with Crippen molar-refractivity contribution in [2.75, 3.05) is 31.2 Å². The third-order valence-corrected chi connectivity index (χ3v) is 3.16. The molecule has 1 aromatic rings. The van der Waals surface area contributed by atoms with Crippen molar-refractivity contribution in [2.24, 2.45) is 0 Å². The zero-order chi connectivity index (χ0) is 13.8. The van der Waals surface area contributed by atoms with Crippen LogP contribution in [0.5, 0.6) is 0 Å². The lowest BCUT2D eigenvalue weighted by Crippen LogP contribution is -2.37. The van der Waals surface area contributed by atoms with Crippen LogP contribution < -0.4 is 4.90 Å². The van der Waals surface area contributed by atoms with Crippen LogP contribution in [-0.2, 0) is 9.53 Å². The van der Waals surface area contributed by atoms with Crippen LogP contribution in [0.3, 0.4) is 0 Å². The summed E-state index contributed by atoms with van der Waals surface area (Å²) < 4.78 is 5.26. The van der Waals surface area contributed by atoms with Crippen LogP contribution >= 0.6 is 0 Å². The molecule has 1 aromatic carbocycles. The molecule has 19 heavy (non-hydrogen) atoms. The Bertz CT molecular complexity index is 444. The number of para-hydroxylation sites is 1. The maximum atomic E-state index is 10.8. The predicted molar refractivity (Wildman–Crippen MR) is 68.1 cm³/mol. The molecular formula is C13H17NO5. The molecule has 0 amide bonds.